The minimum Gasteiger partial charge on any atom is -0.425 e. The lowest BCUT2D eigenvalue weighted by atomic mass is 9.96. The summed E-state index contributed by atoms with van der Waals surface area (Å²) >= 11 is 0. The van der Waals surface area contributed by atoms with Gasteiger partial charge in [0.25, 0.3) is 5.56 Å². The normalized spacial score (nSPS) is 16.4. The van der Waals surface area contributed by atoms with Gasteiger partial charge in [0.05, 0.1) is 17.1 Å². The van der Waals surface area contributed by atoms with Gasteiger partial charge in [0.15, 0.2) is 0 Å². The smallest absolute Gasteiger partial charge is 0.305 e. The van der Waals surface area contributed by atoms with E-state index >= 15 is 0 Å². The molecule has 1 aliphatic carbocycles. The second-order valence-corrected chi connectivity index (χ2v) is 6.78. The van der Waals surface area contributed by atoms with Crippen molar-refractivity contribution in [1.82, 2.24) is 4.57 Å². The average molecular weight is 334 g/mol. The minimum absolute atomic E-state index is 0.0780. The number of hydrogen-bond acceptors (Lipinski definition) is 3. The van der Waals surface area contributed by atoms with E-state index in [1.54, 1.807) is 4.57 Å². The maximum absolute atomic E-state index is 13.2. The van der Waals surface area contributed by atoms with E-state index in [9.17, 15) is 4.79 Å². The van der Waals surface area contributed by atoms with Crippen molar-refractivity contribution in [2.75, 3.05) is 0 Å². The average Bonchev–Trinajstić information content (AvgIpc) is 2.64. The van der Waals surface area contributed by atoms with Gasteiger partial charge in [-0.05, 0) is 44.0 Å². The number of para-hydroxylation sites is 1. The van der Waals surface area contributed by atoms with E-state index in [2.05, 4.69) is 0 Å². The third kappa shape index (κ3) is 3.16. The Bertz CT molecular complexity index is 1010. The summed E-state index contributed by atoms with van der Waals surface area (Å²) in [4.78, 5) is 18.0. The Morgan fingerprint density at radius 1 is 1.04 bits per heavy atom. The maximum Gasteiger partial charge on any atom is 0.305 e. The van der Waals surface area contributed by atoms with Gasteiger partial charge in [-0.25, -0.2) is 9.56 Å². The molecule has 4 rings (SSSR count). The second kappa shape index (κ2) is 6.71. The SMILES string of the molecule is Cc1ccc2oc(=NC3CCCCC3)n(-c3ccccc3)c(=O)c2c1. The number of aryl methyl sites for hydroxylation is 1. The van der Waals surface area contributed by atoms with Crippen molar-refractivity contribution in [1.29, 1.82) is 0 Å². The number of nitrogens with zero attached hydrogens (tertiary/aromatic N) is 2. The Kier molecular flexibility index (Phi) is 4.26. The molecule has 3 aromatic rings. The highest BCUT2D eigenvalue weighted by molar-refractivity contribution is 5.76. The molecule has 0 unspecified atom stereocenters. The summed E-state index contributed by atoms with van der Waals surface area (Å²) in [6, 6.07) is 15.6. The third-order valence-corrected chi connectivity index (χ3v) is 4.84. The van der Waals surface area contributed by atoms with Crippen LogP contribution in [0.5, 0.6) is 0 Å². The van der Waals surface area contributed by atoms with Crippen LogP contribution in [0.1, 0.15) is 37.7 Å². The van der Waals surface area contributed by atoms with Gasteiger partial charge in [-0.1, -0.05) is 49.1 Å². The molecule has 0 amide bonds. The molecule has 128 valence electrons. The van der Waals surface area contributed by atoms with Crippen LogP contribution in [0.2, 0.25) is 0 Å². The Morgan fingerprint density at radius 3 is 2.56 bits per heavy atom. The lowest BCUT2D eigenvalue weighted by molar-refractivity contribution is 0.400. The van der Waals surface area contributed by atoms with Crippen LogP contribution in [0.15, 0.2) is 62.7 Å². The fraction of sp³-hybridized carbons (Fsp3) is 0.333. The van der Waals surface area contributed by atoms with Crippen LogP contribution in [0.3, 0.4) is 0 Å². The monoisotopic (exact) mass is 334 g/mol. The van der Waals surface area contributed by atoms with E-state index < -0.39 is 0 Å². The van der Waals surface area contributed by atoms with Gasteiger partial charge in [0.1, 0.15) is 5.58 Å². The molecule has 0 radical (unpaired) electrons. The van der Waals surface area contributed by atoms with Crippen molar-refractivity contribution in [3.63, 3.8) is 0 Å². The van der Waals surface area contributed by atoms with E-state index in [0.29, 0.717) is 16.7 Å². The molecular weight excluding hydrogens is 312 g/mol. The first-order valence-corrected chi connectivity index (χ1v) is 8.98. The molecule has 1 saturated carbocycles. The van der Waals surface area contributed by atoms with Gasteiger partial charge in [-0.2, -0.15) is 0 Å². The summed E-state index contributed by atoms with van der Waals surface area (Å²) < 4.78 is 7.69. The zero-order valence-corrected chi connectivity index (χ0v) is 14.4. The van der Waals surface area contributed by atoms with Gasteiger partial charge in [-0.3, -0.25) is 4.79 Å². The zero-order chi connectivity index (χ0) is 17.2. The van der Waals surface area contributed by atoms with Crippen LogP contribution >= 0.6 is 0 Å². The van der Waals surface area contributed by atoms with Crippen molar-refractivity contribution in [3.05, 3.63) is 70.1 Å². The number of rotatable bonds is 2. The first-order chi connectivity index (χ1) is 12.2. The topological polar surface area (TPSA) is 47.5 Å². The Balaban J connectivity index is 2.01. The number of aromatic nitrogens is 1. The number of fused-ring (bicyclic) bond motifs is 1. The summed E-state index contributed by atoms with van der Waals surface area (Å²) in [5, 5.41) is 0.589. The highest BCUT2D eigenvalue weighted by atomic mass is 16.3. The molecule has 4 heteroatoms. The van der Waals surface area contributed by atoms with E-state index in [-0.39, 0.29) is 11.6 Å². The van der Waals surface area contributed by atoms with Gasteiger partial charge >= 0.3 is 5.68 Å². The molecule has 0 bridgehead atoms. The zero-order valence-electron chi connectivity index (χ0n) is 14.4. The van der Waals surface area contributed by atoms with Crippen molar-refractivity contribution < 1.29 is 4.42 Å². The van der Waals surface area contributed by atoms with Crippen molar-refractivity contribution in [3.8, 4) is 5.69 Å². The number of benzene rings is 2. The fourth-order valence-electron chi connectivity index (χ4n) is 3.51. The summed E-state index contributed by atoms with van der Waals surface area (Å²) in [6.45, 7) is 1.98. The molecule has 0 aliphatic heterocycles. The lowest BCUT2D eigenvalue weighted by Crippen LogP contribution is -2.33. The number of hydrogen-bond donors (Lipinski definition) is 0. The molecule has 4 nitrogen and oxygen atoms in total. The quantitative estimate of drug-likeness (QED) is 0.707. The van der Waals surface area contributed by atoms with Crippen molar-refractivity contribution >= 4 is 11.0 Å². The summed E-state index contributed by atoms with van der Waals surface area (Å²) in [5.41, 5.74) is 2.74. The molecule has 1 heterocycles. The van der Waals surface area contributed by atoms with E-state index in [1.807, 2.05) is 55.5 Å². The largest absolute Gasteiger partial charge is 0.425 e. The molecule has 1 aromatic heterocycles. The van der Waals surface area contributed by atoms with Gasteiger partial charge in [0.2, 0.25) is 0 Å². The standard InChI is InChI=1S/C21H22N2O2/c1-15-12-13-19-18(14-15)20(24)23(17-10-6-3-7-11-17)21(25-19)22-16-8-4-2-5-9-16/h3,6-7,10-14,16H,2,4-5,8-9H2,1H3. The fourth-order valence-corrected chi connectivity index (χ4v) is 3.51. The summed E-state index contributed by atoms with van der Waals surface area (Å²) in [7, 11) is 0. The van der Waals surface area contributed by atoms with E-state index in [1.165, 1.54) is 19.3 Å². The lowest BCUT2D eigenvalue weighted by Gasteiger charge is -2.17. The predicted octanol–water partition coefficient (Wildman–Crippen LogP) is 4.13. The van der Waals surface area contributed by atoms with Gasteiger partial charge in [-0.15, -0.1) is 0 Å². The third-order valence-electron chi connectivity index (χ3n) is 4.84. The highest BCUT2D eigenvalue weighted by Gasteiger charge is 2.15. The molecule has 0 saturated heterocycles. The molecule has 0 atom stereocenters. The van der Waals surface area contributed by atoms with Gasteiger partial charge in [0, 0.05) is 0 Å². The van der Waals surface area contributed by atoms with Gasteiger partial charge < -0.3 is 4.42 Å². The summed E-state index contributed by atoms with van der Waals surface area (Å²) in [6.07, 6.45) is 5.77. The Hall–Kier alpha value is -2.62. The molecule has 0 spiro atoms. The molecular formula is C21H22N2O2. The minimum atomic E-state index is -0.0780. The van der Waals surface area contributed by atoms with Crippen LogP contribution < -0.4 is 11.2 Å². The first-order valence-electron chi connectivity index (χ1n) is 8.98. The van der Waals surface area contributed by atoms with Crippen molar-refractivity contribution in [2.45, 2.75) is 45.1 Å². The second-order valence-electron chi connectivity index (χ2n) is 6.78. The first kappa shape index (κ1) is 15.9. The van der Waals surface area contributed by atoms with E-state index in [4.69, 9.17) is 9.41 Å². The molecule has 1 fully saturated rings. The van der Waals surface area contributed by atoms with Crippen LogP contribution in [0.4, 0.5) is 0 Å². The molecule has 0 N–H and O–H groups in total. The highest BCUT2D eigenvalue weighted by Crippen LogP contribution is 2.20. The van der Waals surface area contributed by atoms with Crippen LogP contribution in [0, 0.1) is 6.92 Å². The van der Waals surface area contributed by atoms with Crippen molar-refractivity contribution in [2.24, 2.45) is 4.99 Å². The van der Waals surface area contributed by atoms with E-state index in [0.717, 1.165) is 24.1 Å². The van der Waals surface area contributed by atoms with Crippen LogP contribution in [0.25, 0.3) is 16.7 Å². The Labute approximate surface area is 146 Å². The van der Waals surface area contributed by atoms with Crippen LogP contribution in [-0.2, 0) is 0 Å². The predicted molar refractivity (Wildman–Crippen MR) is 99.0 cm³/mol. The maximum atomic E-state index is 13.2. The van der Waals surface area contributed by atoms with Crippen LogP contribution in [-0.4, -0.2) is 10.6 Å². The summed E-state index contributed by atoms with van der Waals surface area (Å²) in [5.74, 6) is 0. The molecule has 25 heavy (non-hydrogen) atoms. The Morgan fingerprint density at radius 2 is 1.80 bits per heavy atom. The molecule has 2 aromatic carbocycles. The molecule has 1 aliphatic rings.